The van der Waals surface area contributed by atoms with Crippen LogP contribution in [0.25, 0.3) is 22.4 Å². The maximum atomic E-state index is 5.95. The third-order valence-electron chi connectivity index (χ3n) is 3.46. The molecule has 21 heavy (non-hydrogen) atoms. The fourth-order valence-corrected chi connectivity index (χ4v) is 2.16. The SMILES string of the molecule is CCC(N)Cc1cnc(-c2ccc3nccnc3c2)nc1. The van der Waals surface area contributed by atoms with E-state index in [-0.39, 0.29) is 6.04 Å². The maximum Gasteiger partial charge on any atom is 0.159 e. The second-order valence-corrected chi connectivity index (χ2v) is 5.05. The molecule has 5 heteroatoms. The van der Waals surface area contributed by atoms with Gasteiger partial charge in [-0.25, -0.2) is 9.97 Å². The molecule has 106 valence electrons. The summed E-state index contributed by atoms with van der Waals surface area (Å²) in [5.41, 5.74) is 9.66. The monoisotopic (exact) mass is 279 g/mol. The van der Waals surface area contributed by atoms with Crippen LogP contribution in [0.1, 0.15) is 18.9 Å². The van der Waals surface area contributed by atoms with Gasteiger partial charge in [-0.15, -0.1) is 0 Å². The molecule has 2 heterocycles. The van der Waals surface area contributed by atoms with E-state index in [1.807, 2.05) is 30.6 Å². The van der Waals surface area contributed by atoms with Crippen molar-refractivity contribution in [3.05, 3.63) is 48.5 Å². The smallest absolute Gasteiger partial charge is 0.159 e. The van der Waals surface area contributed by atoms with E-state index in [1.165, 1.54) is 0 Å². The largest absolute Gasteiger partial charge is 0.327 e. The molecule has 0 aliphatic rings. The third-order valence-corrected chi connectivity index (χ3v) is 3.46. The lowest BCUT2D eigenvalue weighted by molar-refractivity contribution is 0.643. The van der Waals surface area contributed by atoms with Gasteiger partial charge in [0.25, 0.3) is 0 Å². The zero-order chi connectivity index (χ0) is 14.7. The molecule has 5 nitrogen and oxygen atoms in total. The average Bonchev–Trinajstić information content (AvgIpc) is 2.55. The quantitative estimate of drug-likeness (QED) is 0.793. The predicted octanol–water partition coefficient (Wildman–Crippen LogP) is 2.37. The van der Waals surface area contributed by atoms with Gasteiger partial charge in [0.15, 0.2) is 5.82 Å². The third kappa shape index (κ3) is 3.03. The van der Waals surface area contributed by atoms with Gasteiger partial charge in [0.05, 0.1) is 11.0 Å². The van der Waals surface area contributed by atoms with Gasteiger partial charge in [0.2, 0.25) is 0 Å². The van der Waals surface area contributed by atoms with Crippen LogP contribution in [0.5, 0.6) is 0 Å². The Labute approximate surface area is 123 Å². The maximum absolute atomic E-state index is 5.95. The minimum absolute atomic E-state index is 0.162. The Morgan fingerprint density at radius 1 is 1.00 bits per heavy atom. The lowest BCUT2D eigenvalue weighted by Crippen LogP contribution is -2.21. The highest BCUT2D eigenvalue weighted by atomic mass is 14.9. The van der Waals surface area contributed by atoms with Crippen molar-refractivity contribution in [3.8, 4) is 11.4 Å². The van der Waals surface area contributed by atoms with Gasteiger partial charge in [-0.3, -0.25) is 9.97 Å². The minimum atomic E-state index is 0.162. The van der Waals surface area contributed by atoms with Gasteiger partial charge in [-0.05, 0) is 36.6 Å². The highest BCUT2D eigenvalue weighted by Gasteiger charge is 2.06. The molecule has 3 rings (SSSR count). The number of benzene rings is 1. The molecule has 1 unspecified atom stereocenters. The van der Waals surface area contributed by atoms with E-state index in [2.05, 4.69) is 26.9 Å². The van der Waals surface area contributed by atoms with Crippen molar-refractivity contribution in [1.82, 2.24) is 19.9 Å². The van der Waals surface area contributed by atoms with E-state index in [1.54, 1.807) is 12.4 Å². The molecule has 0 aliphatic carbocycles. The Bertz CT molecular complexity index is 739. The van der Waals surface area contributed by atoms with Gasteiger partial charge < -0.3 is 5.73 Å². The molecule has 1 atom stereocenters. The fraction of sp³-hybridized carbons (Fsp3) is 0.250. The van der Waals surface area contributed by atoms with Gasteiger partial charge in [0.1, 0.15) is 0 Å². The zero-order valence-corrected chi connectivity index (χ0v) is 11.9. The van der Waals surface area contributed by atoms with Crippen LogP contribution in [0.2, 0.25) is 0 Å². The van der Waals surface area contributed by atoms with Gasteiger partial charge in [-0.2, -0.15) is 0 Å². The van der Waals surface area contributed by atoms with Gasteiger partial charge in [-0.1, -0.05) is 6.92 Å². The van der Waals surface area contributed by atoms with Crippen molar-refractivity contribution in [2.45, 2.75) is 25.8 Å². The highest BCUT2D eigenvalue weighted by Crippen LogP contribution is 2.19. The predicted molar refractivity (Wildman–Crippen MR) is 82.5 cm³/mol. The number of rotatable bonds is 4. The van der Waals surface area contributed by atoms with Crippen molar-refractivity contribution >= 4 is 11.0 Å². The van der Waals surface area contributed by atoms with Crippen LogP contribution in [0, 0.1) is 0 Å². The van der Waals surface area contributed by atoms with Crippen molar-refractivity contribution in [2.24, 2.45) is 5.73 Å². The highest BCUT2D eigenvalue weighted by molar-refractivity contribution is 5.79. The summed E-state index contributed by atoms with van der Waals surface area (Å²) in [5, 5.41) is 0. The van der Waals surface area contributed by atoms with Crippen molar-refractivity contribution < 1.29 is 0 Å². The summed E-state index contributed by atoms with van der Waals surface area (Å²) < 4.78 is 0. The molecule has 1 aromatic carbocycles. The van der Waals surface area contributed by atoms with Crippen LogP contribution in [-0.2, 0) is 6.42 Å². The van der Waals surface area contributed by atoms with E-state index in [0.717, 1.165) is 35.0 Å². The molecule has 0 amide bonds. The van der Waals surface area contributed by atoms with Crippen LogP contribution >= 0.6 is 0 Å². The number of aromatic nitrogens is 4. The van der Waals surface area contributed by atoms with E-state index in [9.17, 15) is 0 Å². The summed E-state index contributed by atoms with van der Waals surface area (Å²) >= 11 is 0. The van der Waals surface area contributed by atoms with Crippen molar-refractivity contribution in [3.63, 3.8) is 0 Å². The molecule has 0 aliphatic heterocycles. The first kappa shape index (κ1) is 13.6. The second-order valence-electron chi connectivity index (χ2n) is 5.05. The Morgan fingerprint density at radius 3 is 2.43 bits per heavy atom. The number of nitrogens with two attached hydrogens (primary N) is 1. The van der Waals surface area contributed by atoms with E-state index < -0.39 is 0 Å². The van der Waals surface area contributed by atoms with Crippen LogP contribution < -0.4 is 5.73 Å². The van der Waals surface area contributed by atoms with Crippen LogP contribution in [-0.4, -0.2) is 26.0 Å². The topological polar surface area (TPSA) is 77.6 Å². The lowest BCUT2D eigenvalue weighted by atomic mass is 10.1. The number of fused-ring (bicyclic) bond motifs is 1. The van der Waals surface area contributed by atoms with E-state index >= 15 is 0 Å². The Balaban J connectivity index is 1.88. The zero-order valence-electron chi connectivity index (χ0n) is 11.9. The minimum Gasteiger partial charge on any atom is -0.327 e. The first-order valence-electron chi connectivity index (χ1n) is 7.04. The Morgan fingerprint density at radius 2 is 1.71 bits per heavy atom. The molecular formula is C16H17N5. The second kappa shape index (κ2) is 5.93. The lowest BCUT2D eigenvalue weighted by Gasteiger charge is -2.08. The summed E-state index contributed by atoms with van der Waals surface area (Å²) in [5.74, 6) is 0.691. The van der Waals surface area contributed by atoms with Crippen molar-refractivity contribution in [1.29, 1.82) is 0 Å². The molecule has 0 spiro atoms. The summed E-state index contributed by atoms with van der Waals surface area (Å²) in [7, 11) is 0. The molecule has 2 N–H and O–H groups in total. The van der Waals surface area contributed by atoms with Crippen LogP contribution in [0.4, 0.5) is 0 Å². The van der Waals surface area contributed by atoms with Crippen LogP contribution in [0.15, 0.2) is 43.0 Å². The molecule has 0 fully saturated rings. The van der Waals surface area contributed by atoms with Crippen LogP contribution in [0.3, 0.4) is 0 Å². The summed E-state index contributed by atoms with van der Waals surface area (Å²) in [6.45, 7) is 2.08. The normalized spacial score (nSPS) is 12.5. The summed E-state index contributed by atoms with van der Waals surface area (Å²) in [6, 6.07) is 6.01. The fourth-order valence-electron chi connectivity index (χ4n) is 2.16. The molecule has 0 saturated carbocycles. The molecule has 2 aromatic heterocycles. The average molecular weight is 279 g/mol. The standard InChI is InChI=1S/C16H17N5/c1-2-13(17)7-11-9-20-16(21-10-11)12-3-4-14-15(8-12)19-6-5-18-14/h3-6,8-10,13H,2,7,17H2,1H3. The number of nitrogens with zero attached hydrogens (tertiary/aromatic N) is 4. The van der Waals surface area contributed by atoms with Gasteiger partial charge in [0, 0.05) is 36.4 Å². The van der Waals surface area contributed by atoms with Crippen molar-refractivity contribution in [2.75, 3.05) is 0 Å². The molecule has 3 aromatic rings. The summed E-state index contributed by atoms with van der Waals surface area (Å²) in [6.07, 6.45) is 8.81. The number of hydrogen-bond donors (Lipinski definition) is 1. The molecular weight excluding hydrogens is 262 g/mol. The molecule has 0 bridgehead atoms. The Kier molecular flexibility index (Phi) is 3.83. The molecule has 0 radical (unpaired) electrons. The Hall–Kier alpha value is -2.40. The van der Waals surface area contributed by atoms with E-state index in [0.29, 0.717) is 5.82 Å². The first-order valence-corrected chi connectivity index (χ1v) is 7.04. The van der Waals surface area contributed by atoms with E-state index in [4.69, 9.17) is 5.73 Å². The molecule has 0 saturated heterocycles. The summed E-state index contributed by atoms with van der Waals surface area (Å²) in [4.78, 5) is 17.4. The number of hydrogen-bond acceptors (Lipinski definition) is 5. The first-order chi connectivity index (χ1) is 10.3. The van der Waals surface area contributed by atoms with Gasteiger partial charge >= 0.3 is 0 Å².